The lowest BCUT2D eigenvalue weighted by Crippen LogP contribution is -2.40. The zero-order valence-electron chi connectivity index (χ0n) is 17.9. The van der Waals surface area contributed by atoms with E-state index in [0.29, 0.717) is 12.3 Å². The molecule has 0 bridgehead atoms. The highest BCUT2D eigenvalue weighted by atomic mass is 32.2. The van der Waals surface area contributed by atoms with Crippen molar-refractivity contribution < 1.29 is 22.3 Å². The van der Waals surface area contributed by atoms with E-state index in [1.807, 2.05) is 38.1 Å². The predicted octanol–water partition coefficient (Wildman–Crippen LogP) is 4.04. The van der Waals surface area contributed by atoms with Crippen LogP contribution in [0.1, 0.15) is 18.1 Å². The highest BCUT2D eigenvalue weighted by Crippen LogP contribution is 2.24. The normalized spacial score (nSPS) is 11.1. The molecule has 0 aromatic heterocycles. The molecule has 8 heteroatoms. The van der Waals surface area contributed by atoms with Gasteiger partial charge in [-0.1, -0.05) is 29.8 Å². The second-order valence-corrected chi connectivity index (χ2v) is 9.02. The number of hydrogen-bond acceptors (Lipinski definition) is 4. The molecule has 0 atom stereocenters. The second kappa shape index (κ2) is 10.3. The van der Waals surface area contributed by atoms with Crippen molar-refractivity contribution in [1.82, 2.24) is 5.32 Å². The molecule has 0 aliphatic rings. The summed E-state index contributed by atoms with van der Waals surface area (Å²) >= 11 is 0. The Morgan fingerprint density at radius 2 is 1.59 bits per heavy atom. The van der Waals surface area contributed by atoms with Crippen molar-refractivity contribution >= 4 is 21.6 Å². The number of benzene rings is 3. The van der Waals surface area contributed by atoms with E-state index in [1.54, 1.807) is 24.3 Å². The first kappa shape index (κ1) is 23.3. The fourth-order valence-corrected chi connectivity index (χ4v) is 4.44. The molecule has 1 N–H and O–H groups in total. The Bertz CT molecular complexity index is 1150. The smallest absolute Gasteiger partial charge is 0.264 e. The van der Waals surface area contributed by atoms with Crippen molar-refractivity contribution in [1.29, 1.82) is 0 Å². The molecule has 0 saturated heterocycles. The minimum atomic E-state index is -4.08. The van der Waals surface area contributed by atoms with Crippen molar-refractivity contribution in [2.24, 2.45) is 0 Å². The van der Waals surface area contributed by atoms with Gasteiger partial charge in [0, 0.05) is 6.54 Å². The third kappa shape index (κ3) is 5.85. The van der Waals surface area contributed by atoms with Gasteiger partial charge in [0.2, 0.25) is 5.91 Å². The van der Waals surface area contributed by atoms with E-state index in [0.717, 1.165) is 33.3 Å². The molecular weight excluding hydrogens is 431 g/mol. The van der Waals surface area contributed by atoms with Crippen LogP contribution in [0.2, 0.25) is 0 Å². The van der Waals surface area contributed by atoms with Crippen LogP contribution in [0.5, 0.6) is 5.75 Å². The largest absolute Gasteiger partial charge is 0.494 e. The Hall–Kier alpha value is -3.39. The Balaban J connectivity index is 1.78. The summed E-state index contributed by atoms with van der Waals surface area (Å²) < 4.78 is 46.2. The summed E-state index contributed by atoms with van der Waals surface area (Å²) in [6.45, 7) is 4.16. The van der Waals surface area contributed by atoms with Crippen LogP contribution < -0.4 is 14.4 Å². The number of ether oxygens (including phenoxy) is 1. The molecule has 1 amide bonds. The van der Waals surface area contributed by atoms with E-state index in [-0.39, 0.29) is 11.4 Å². The topological polar surface area (TPSA) is 75.7 Å². The van der Waals surface area contributed by atoms with E-state index >= 15 is 0 Å². The van der Waals surface area contributed by atoms with E-state index in [4.69, 9.17) is 4.74 Å². The predicted molar refractivity (Wildman–Crippen MR) is 122 cm³/mol. The van der Waals surface area contributed by atoms with Gasteiger partial charge in [0.1, 0.15) is 18.1 Å². The zero-order chi connectivity index (χ0) is 23.1. The van der Waals surface area contributed by atoms with Crippen molar-refractivity contribution in [2.45, 2.75) is 25.3 Å². The number of sulfonamides is 1. The van der Waals surface area contributed by atoms with Gasteiger partial charge in [-0.15, -0.1) is 0 Å². The average Bonchev–Trinajstić information content (AvgIpc) is 2.78. The number of hydrogen-bond donors (Lipinski definition) is 1. The molecule has 3 aromatic carbocycles. The van der Waals surface area contributed by atoms with Gasteiger partial charge in [-0.2, -0.15) is 0 Å². The number of nitrogens with one attached hydrogen (secondary N) is 1. The minimum Gasteiger partial charge on any atom is -0.494 e. The summed E-state index contributed by atoms with van der Waals surface area (Å²) in [4.78, 5) is 12.6. The summed E-state index contributed by atoms with van der Waals surface area (Å²) in [6, 6.07) is 18.6. The average molecular weight is 457 g/mol. The van der Waals surface area contributed by atoms with Crippen LogP contribution in [0, 0.1) is 12.7 Å². The second-order valence-electron chi connectivity index (χ2n) is 7.15. The monoisotopic (exact) mass is 456 g/mol. The zero-order valence-corrected chi connectivity index (χ0v) is 18.7. The number of carbonyl (C=O) groups is 1. The number of anilines is 1. The molecule has 0 unspecified atom stereocenters. The molecule has 3 rings (SSSR count). The molecule has 32 heavy (non-hydrogen) atoms. The van der Waals surface area contributed by atoms with Gasteiger partial charge >= 0.3 is 0 Å². The maximum absolute atomic E-state index is 13.3. The van der Waals surface area contributed by atoms with Crippen LogP contribution >= 0.6 is 0 Å². The van der Waals surface area contributed by atoms with E-state index in [9.17, 15) is 17.6 Å². The molecule has 168 valence electrons. The van der Waals surface area contributed by atoms with Gasteiger partial charge in [-0.25, -0.2) is 12.8 Å². The number of amides is 1. The van der Waals surface area contributed by atoms with Crippen LogP contribution in [-0.2, 0) is 21.4 Å². The van der Waals surface area contributed by atoms with Crippen molar-refractivity contribution in [3.63, 3.8) is 0 Å². The van der Waals surface area contributed by atoms with Crippen molar-refractivity contribution in [3.8, 4) is 5.75 Å². The molecule has 0 aliphatic carbocycles. The summed E-state index contributed by atoms with van der Waals surface area (Å²) in [6.07, 6.45) is 0. The molecule has 0 fully saturated rings. The maximum Gasteiger partial charge on any atom is 0.264 e. The molecule has 0 radical (unpaired) electrons. The van der Waals surface area contributed by atoms with Crippen LogP contribution in [0.3, 0.4) is 0 Å². The molecular formula is C24H25FN2O4S. The Morgan fingerprint density at radius 3 is 2.19 bits per heavy atom. The van der Waals surface area contributed by atoms with Gasteiger partial charge < -0.3 is 10.1 Å². The number of aryl methyl sites for hydroxylation is 1. The molecule has 0 heterocycles. The van der Waals surface area contributed by atoms with Gasteiger partial charge in [0.15, 0.2) is 0 Å². The van der Waals surface area contributed by atoms with E-state index in [1.165, 1.54) is 12.1 Å². The van der Waals surface area contributed by atoms with Crippen LogP contribution in [0.25, 0.3) is 0 Å². The quantitative estimate of drug-likeness (QED) is 0.527. The first-order valence-corrected chi connectivity index (χ1v) is 11.6. The fraction of sp³-hybridized carbons (Fsp3) is 0.208. The minimum absolute atomic E-state index is 0.0983. The highest BCUT2D eigenvalue weighted by molar-refractivity contribution is 7.92. The lowest BCUT2D eigenvalue weighted by molar-refractivity contribution is -0.119. The molecule has 6 nitrogen and oxygen atoms in total. The first-order chi connectivity index (χ1) is 15.3. The van der Waals surface area contributed by atoms with Crippen LogP contribution in [-0.4, -0.2) is 27.5 Å². The first-order valence-electron chi connectivity index (χ1n) is 10.1. The van der Waals surface area contributed by atoms with Crippen molar-refractivity contribution in [3.05, 3.63) is 89.7 Å². The Kier molecular flexibility index (Phi) is 7.48. The molecule has 0 spiro atoms. The molecule has 0 saturated carbocycles. The van der Waals surface area contributed by atoms with Gasteiger partial charge in [-0.3, -0.25) is 9.10 Å². The molecule has 0 aliphatic heterocycles. The van der Waals surface area contributed by atoms with Gasteiger partial charge in [-0.05, 0) is 67.9 Å². The van der Waals surface area contributed by atoms with Crippen LogP contribution in [0.15, 0.2) is 77.7 Å². The highest BCUT2D eigenvalue weighted by Gasteiger charge is 2.27. The summed E-state index contributed by atoms with van der Waals surface area (Å²) in [7, 11) is -4.08. The third-order valence-electron chi connectivity index (χ3n) is 4.73. The van der Waals surface area contributed by atoms with Gasteiger partial charge in [0.25, 0.3) is 10.0 Å². The number of carbonyl (C=O) groups excluding carboxylic acids is 1. The lowest BCUT2D eigenvalue weighted by atomic mass is 10.2. The SMILES string of the molecule is CCOc1ccc(CNC(=O)CN(c2ccc(C)cc2)S(=O)(=O)c2ccc(F)cc2)cc1. The lowest BCUT2D eigenvalue weighted by Gasteiger charge is -2.24. The van der Waals surface area contributed by atoms with E-state index in [2.05, 4.69) is 5.32 Å². The molecule has 3 aromatic rings. The van der Waals surface area contributed by atoms with Crippen molar-refractivity contribution in [2.75, 3.05) is 17.5 Å². The van der Waals surface area contributed by atoms with Gasteiger partial charge in [0.05, 0.1) is 17.2 Å². The maximum atomic E-state index is 13.3. The fourth-order valence-electron chi connectivity index (χ4n) is 3.02. The Labute approximate surface area is 187 Å². The standard InChI is InChI=1S/C24H25FN2O4S/c1-3-31-22-12-6-19(7-13-22)16-26-24(28)17-27(21-10-4-18(2)5-11-21)32(29,30)23-14-8-20(25)9-15-23/h4-15H,3,16-17H2,1-2H3,(H,26,28). The Morgan fingerprint density at radius 1 is 0.969 bits per heavy atom. The van der Waals surface area contributed by atoms with E-state index < -0.39 is 28.3 Å². The summed E-state index contributed by atoms with van der Waals surface area (Å²) in [5.41, 5.74) is 2.15. The summed E-state index contributed by atoms with van der Waals surface area (Å²) in [5.74, 6) is -0.275. The third-order valence-corrected chi connectivity index (χ3v) is 6.52. The number of nitrogens with zero attached hydrogens (tertiary/aromatic N) is 1. The number of halogens is 1. The number of rotatable bonds is 9. The summed E-state index contributed by atoms with van der Waals surface area (Å²) in [5, 5.41) is 2.75. The van der Waals surface area contributed by atoms with Crippen LogP contribution in [0.4, 0.5) is 10.1 Å².